The molecule has 0 saturated carbocycles. The molecule has 2 aromatic rings. The highest BCUT2D eigenvalue weighted by molar-refractivity contribution is 5.80. The Morgan fingerprint density at radius 2 is 1.76 bits per heavy atom. The number of hydrogen-bond donors (Lipinski definition) is 0. The van der Waals surface area contributed by atoms with E-state index in [0.717, 1.165) is 22.4 Å². The smallest absolute Gasteiger partial charge is 0.409 e. The molecule has 6 nitrogen and oxygen atoms in total. The Kier molecular flexibility index (Phi) is 6.52. The van der Waals surface area contributed by atoms with Crippen LogP contribution in [0.4, 0.5) is 4.79 Å². The second kappa shape index (κ2) is 9.07. The van der Waals surface area contributed by atoms with E-state index in [2.05, 4.69) is 24.0 Å². The summed E-state index contributed by atoms with van der Waals surface area (Å²) in [4.78, 5) is 33.3. The van der Waals surface area contributed by atoms with Crippen LogP contribution in [0.5, 0.6) is 0 Å². The van der Waals surface area contributed by atoms with Gasteiger partial charge >= 0.3 is 6.09 Å². The van der Waals surface area contributed by atoms with Crippen molar-refractivity contribution in [3.05, 3.63) is 65.0 Å². The van der Waals surface area contributed by atoms with E-state index in [1.807, 2.05) is 43.1 Å². The predicted octanol–water partition coefficient (Wildman–Crippen LogP) is 3.72. The van der Waals surface area contributed by atoms with Gasteiger partial charge in [0.2, 0.25) is 5.91 Å². The normalized spacial score (nSPS) is 15.7. The number of likely N-dealkylation sites (tertiary alicyclic amines) is 1. The Morgan fingerprint density at radius 1 is 1.10 bits per heavy atom. The van der Waals surface area contributed by atoms with Gasteiger partial charge in [-0.2, -0.15) is 0 Å². The van der Waals surface area contributed by atoms with Crippen molar-refractivity contribution in [1.82, 2.24) is 14.8 Å². The monoisotopic (exact) mass is 395 g/mol. The number of carbonyl (C=O) groups is 2. The zero-order valence-corrected chi connectivity index (χ0v) is 17.6. The number of aryl methyl sites for hydroxylation is 2. The van der Waals surface area contributed by atoms with Gasteiger partial charge in [-0.05, 0) is 49.4 Å². The van der Waals surface area contributed by atoms with Gasteiger partial charge in [-0.3, -0.25) is 9.78 Å². The van der Waals surface area contributed by atoms with Gasteiger partial charge in [0, 0.05) is 32.3 Å². The van der Waals surface area contributed by atoms with Crippen LogP contribution in [0.25, 0.3) is 0 Å². The molecular formula is C23H29N3O3. The molecule has 29 heavy (non-hydrogen) atoms. The Bertz CT molecular complexity index is 830. The first kappa shape index (κ1) is 20.8. The number of hydrogen-bond acceptors (Lipinski definition) is 4. The van der Waals surface area contributed by atoms with Gasteiger partial charge in [0.15, 0.2) is 0 Å². The number of methoxy groups -OCH3 is 1. The lowest BCUT2D eigenvalue weighted by Gasteiger charge is -2.36. The Labute approximate surface area is 172 Å². The molecular weight excluding hydrogens is 366 g/mol. The molecule has 6 heteroatoms. The van der Waals surface area contributed by atoms with Crippen molar-refractivity contribution in [3.8, 4) is 0 Å². The van der Waals surface area contributed by atoms with Crippen molar-refractivity contribution in [1.29, 1.82) is 0 Å². The highest BCUT2D eigenvalue weighted by Gasteiger charge is 2.34. The fourth-order valence-electron chi connectivity index (χ4n) is 4.07. The quantitative estimate of drug-likeness (QED) is 0.791. The van der Waals surface area contributed by atoms with Crippen molar-refractivity contribution in [3.63, 3.8) is 0 Å². The summed E-state index contributed by atoms with van der Waals surface area (Å²) in [5.41, 5.74) is 4.16. The lowest BCUT2D eigenvalue weighted by Crippen LogP contribution is -2.44. The summed E-state index contributed by atoms with van der Waals surface area (Å²) in [6.45, 7) is 5.16. The van der Waals surface area contributed by atoms with E-state index in [0.29, 0.717) is 25.9 Å². The average molecular weight is 396 g/mol. The molecule has 1 unspecified atom stereocenters. The summed E-state index contributed by atoms with van der Waals surface area (Å²) in [7, 11) is 3.25. The molecule has 0 aliphatic carbocycles. The largest absolute Gasteiger partial charge is 0.453 e. The minimum atomic E-state index is -0.328. The van der Waals surface area contributed by atoms with Gasteiger partial charge in [-0.1, -0.05) is 30.3 Å². The first-order valence-electron chi connectivity index (χ1n) is 10.0. The molecule has 0 spiro atoms. The third kappa shape index (κ3) is 4.42. The summed E-state index contributed by atoms with van der Waals surface area (Å²) in [5, 5.41) is 0. The third-order valence-electron chi connectivity index (χ3n) is 5.80. The maximum Gasteiger partial charge on any atom is 0.409 e. The number of nitrogens with zero attached hydrogens (tertiary/aromatic N) is 3. The van der Waals surface area contributed by atoms with Crippen LogP contribution in [0.1, 0.15) is 41.3 Å². The fourth-order valence-corrected chi connectivity index (χ4v) is 4.07. The van der Waals surface area contributed by atoms with E-state index in [9.17, 15) is 9.59 Å². The zero-order chi connectivity index (χ0) is 21.0. The Balaban J connectivity index is 1.87. The number of piperidine rings is 1. The van der Waals surface area contributed by atoms with Crippen LogP contribution in [0.2, 0.25) is 0 Å². The van der Waals surface area contributed by atoms with Gasteiger partial charge in [0.05, 0.1) is 18.8 Å². The van der Waals surface area contributed by atoms with Gasteiger partial charge < -0.3 is 14.5 Å². The van der Waals surface area contributed by atoms with Crippen LogP contribution < -0.4 is 0 Å². The van der Waals surface area contributed by atoms with Gasteiger partial charge in [-0.15, -0.1) is 0 Å². The van der Waals surface area contributed by atoms with Crippen LogP contribution in [0.15, 0.2) is 42.6 Å². The molecule has 1 saturated heterocycles. The molecule has 2 amide bonds. The Morgan fingerprint density at radius 3 is 2.38 bits per heavy atom. The minimum absolute atomic E-state index is 0.0906. The number of benzene rings is 1. The molecule has 2 heterocycles. The molecule has 154 valence electrons. The van der Waals surface area contributed by atoms with E-state index in [1.54, 1.807) is 11.1 Å². The lowest BCUT2D eigenvalue weighted by molar-refractivity contribution is -0.137. The fraction of sp³-hybridized carbons (Fsp3) is 0.435. The topological polar surface area (TPSA) is 62.7 Å². The first-order chi connectivity index (χ1) is 13.9. The molecule has 1 aromatic carbocycles. The number of carbonyl (C=O) groups excluding carboxylic acids is 2. The minimum Gasteiger partial charge on any atom is -0.453 e. The maximum absolute atomic E-state index is 13.4. The van der Waals surface area contributed by atoms with Crippen molar-refractivity contribution < 1.29 is 14.3 Å². The van der Waals surface area contributed by atoms with E-state index in [1.165, 1.54) is 7.11 Å². The number of ether oxygens (including phenoxy) is 1. The van der Waals surface area contributed by atoms with E-state index < -0.39 is 0 Å². The molecule has 1 aromatic heterocycles. The van der Waals surface area contributed by atoms with Gasteiger partial charge in [0.1, 0.15) is 0 Å². The van der Waals surface area contributed by atoms with Crippen LogP contribution in [-0.2, 0) is 9.53 Å². The highest BCUT2D eigenvalue weighted by atomic mass is 16.5. The van der Waals surface area contributed by atoms with Crippen molar-refractivity contribution >= 4 is 12.0 Å². The Hall–Kier alpha value is -2.89. The molecule has 1 aliphatic rings. The van der Waals surface area contributed by atoms with Crippen molar-refractivity contribution in [2.24, 2.45) is 5.92 Å². The van der Waals surface area contributed by atoms with Gasteiger partial charge in [0.25, 0.3) is 0 Å². The zero-order valence-electron chi connectivity index (χ0n) is 17.6. The third-order valence-corrected chi connectivity index (χ3v) is 5.80. The average Bonchev–Trinajstić information content (AvgIpc) is 2.75. The summed E-state index contributed by atoms with van der Waals surface area (Å²) in [6.07, 6.45) is 2.73. The van der Waals surface area contributed by atoms with Crippen molar-refractivity contribution in [2.45, 2.75) is 32.7 Å². The highest BCUT2D eigenvalue weighted by Crippen LogP contribution is 2.33. The van der Waals surface area contributed by atoms with Crippen LogP contribution in [-0.4, -0.2) is 54.0 Å². The molecule has 1 aliphatic heterocycles. The second-order valence-electron chi connectivity index (χ2n) is 7.65. The van der Waals surface area contributed by atoms with Crippen LogP contribution >= 0.6 is 0 Å². The van der Waals surface area contributed by atoms with Crippen molar-refractivity contribution in [2.75, 3.05) is 27.2 Å². The van der Waals surface area contributed by atoms with Crippen LogP contribution in [0.3, 0.4) is 0 Å². The molecule has 1 fully saturated rings. The number of aromatic nitrogens is 1. The van der Waals surface area contributed by atoms with E-state index in [-0.39, 0.29) is 24.0 Å². The molecule has 1 atom stereocenters. The van der Waals surface area contributed by atoms with Crippen LogP contribution in [0, 0.1) is 19.8 Å². The summed E-state index contributed by atoms with van der Waals surface area (Å²) >= 11 is 0. The molecule has 0 radical (unpaired) electrons. The second-order valence-corrected chi connectivity index (χ2v) is 7.65. The summed E-state index contributed by atoms with van der Waals surface area (Å²) in [5.74, 6) is -0.0238. The van der Waals surface area contributed by atoms with E-state index >= 15 is 0 Å². The van der Waals surface area contributed by atoms with Gasteiger partial charge in [-0.25, -0.2) is 4.79 Å². The molecule has 3 rings (SSSR count). The number of pyridine rings is 1. The predicted molar refractivity (Wildman–Crippen MR) is 111 cm³/mol. The standard InChI is InChI=1S/C23H29N3O3/c1-16-8-5-6-10-19(16)21(20-17(2)9-7-13-24-20)25(3)22(27)18-11-14-26(15-12-18)23(28)29-4/h5-10,13,18,21H,11-12,14-15H2,1-4H3. The number of rotatable bonds is 4. The SMILES string of the molecule is COC(=O)N1CCC(C(=O)N(C)C(c2ccccc2C)c2ncccc2C)CC1. The number of amides is 2. The summed E-state index contributed by atoms with van der Waals surface area (Å²) < 4.78 is 4.80. The maximum atomic E-state index is 13.4. The molecule has 0 bridgehead atoms. The lowest BCUT2D eigenvalue weighted by atomic mass is 9.91. The molecule has 0 N–H and O–H groups in total. The van der Waals surface area contributed by atoms with E-state index in [4.69, 9.17) is 4.74 Å². The summed E-state index contributed by atoms with van der Waals surface area (Å²) in [6, 6.07) is 11.8. The first-order valence-corrected chi connectivity index (χ1v) is 10.0.